The third-order valence-corrected chi connectivity index (χ3v) is 4.49. The summed E-state index contributed by atoms with van der Waals surface area (Å²) in [7, 11) is 0. The van der Waals surface area contributed by atoms with Gasteiger partial charge in [0.15, 0.2) is 6.61 Å². The van der Waals surface area contributed by atoms with Crippen molar-refractivity contribution in [3.05, 3.63) is 65.6 Å². The van der Waals surface area contributed by atoms with Gasteiger partial charge in [0.05, 0.1) is 6.20 Å². The number of halogens is 2. The number of nitrogens with one attached hydrogen (secondary N) is 1. The van der Waals surface area contributed by atoms with Crippen molar-refractivity contribution in [1.82, 2.24) is 20.1 Å². The number of H-pyrrole nitrogens is 1. The zero-order valence-electron chi connectivity index (χ0n) is 15.2. The van der Waals surface area contributed by atoms with Gasteiger partial charge >= 0.3 is 0 Å². The first-order valence-corrected chi connectivity index (χ1v) is 8.76. The lowest BCUT2D eigenvalue weighted by Crippen LogP contribution is -2.25. The van der Waals surface area contributed by atoms with Gasteiger partial charge in [-0.2, -0.15) is 5.10 Å². The SMILES string of the molecule is CC(F)(F)COc1nccc2c1C(=O)N(Cc1ccc(-c3cn[nH]c3)cc1)C2. The van der Waals surface area contributed by atoms with Crippen molar-refractivity contribution in [3.63, 3.8) is 0 Å². The van der Waals surface area contributed by atoms with Gasteiger partial charge in [-0.3, -0.25) is 9.89 Å². The van der Waals surface area contributed by atoms with E-state index in [9.17, 15) is 13.6 Å². The molecule has 0 unspecified atom stereocenters. The molecule has 0 saturated heterocycles. The summed E-state index contributed by atoms with van der Waals surface area (Å²) < 4.78 is 31.3. The highest BCUT2D eigenvalue weighted by molar-refractivity contribution is 6.00. The minimum atomic E-state index is -3.00. The van der Waals surface area contributed by atoms with Crippen LogP contribution in [0.1, 0.15) is 28.4 Å². The average molecular weight is 384 g/mol. The number of amides is 1. The maximum atomic E-state index is 13.1. The van der Waals surface area contributed by atoms with E-state index in [2.05, 4.69) is 15.2 Å². The Balaban J connectivity index is 1.49. The molecule has 0 atom stereocenters. The predicted molar refractivity (Wildman–Crippen MR) is 98.0 cm³/mol. The first-order valence-electron chi connectivity index (χ1n) is 8.76. The second kappa shape index (κ2) is 7.03. The van der Waals surface area contributed by atoms with Crippen LogP contribution in [0.4, 0.5) is 8.78 Å². The lowest BCUT2D eigenvalue weighted by molar-refractivity contribution is -0.0245. The summed E-state index contributed by atoms with van der Waals surface area (Å²) in [6.07, 6.45) is 5.02. The minimum absolute atomic E-state index is 0.0400. The maximum absolute atomic E-state index is 13.1. The first kappa shape index (κ1) is 18.1. The van der Waals surface area contributed by atoms with Gasteiger partial charge in [-0.25, -0.2) is 13.8 Å². The van der Waals surface area contributed by atoms with Crippen LogP contribution < -0.4 is 4.74 Å². The summed E-state index contributed by atoms with van der Waals surface area (Å²) in [6.45, 7) is 0.734. The number of ether oxygens (including phenoxy) is 1. The Labute approximate surface area is 160 Å². The molecule has 1 aliphatic rings. The summed E-state index contributed by atoms with van der Waals surface area (Å²) >= 11 is 0. The fourth-order valence-corrected chi connectivity index (χ4v) is 3.14. The molecule has 3 heterocycles. The summed E-state index contributed by atoms with van der Waals surface area (Å²) in [5, 5.41) is 6.71. The fraction of sp³-hybridized carbons (Fsp3) is 0.250. The Morgan fingerprint density at radius 2 is 2.00 bits per heavy atom. The van der Waals surface area contributed by atoms with Crippen molar-refractivity contribution in [2.75, 3.05) is 6.61 Å². The number of rotatable bonds is 6. The van der Waals surface area contributed by atoms with E-state index in [0.29, 0.717) is 13.1 Å². The molecule has 144 valence electrons. The van der Waals surface area contributed by atoms with Crippen LogP contribution in [-0.4, -0.2) is 38.5 Å². The van der Waals surface area contributed by atoms with E-state index in [1.807, 2.05) is 30.5 Å². The molecule has 8 heteroatoms. The average Bonchev–Trinajstić information content (AvgIpc) is 3.30. The summed E-state index contributed by atoms with van der Waals surface area (Å²) in [6, 6.07) is 9.55. The molecule has 0 aliphatic carbocycles. The van der Waals surface area contributed by atoms with Gasteiger partial charge in [-0.15, -0.1) is 0 Å². The maximum Gasteiger partial charge on any atom is 0.278 e. The van der Waals surface area contributed by atoms with Crippen molar-refractivity contribution in [1.29, 1.82) is 0 Å². The topological polar surface area (TPSA) is 71.1 Å². The molecule has 1 aliphatic heterocycles. The number of nitrogens with zero attached hydrogens (tertiary/aromatic N) is 3. The predicted octanol–water partition coefficient (Wildman–Crippen LogP) is 3.66. The molecule has 6 nitrogen and oxygen atoms in total. The molecule has 28 heavy (non-hydrogen) atoms. The summed E-state index contributed by atoms with van der Waals surface area (Å²) in [5.74, 6) is -3.30. The molecule has 0 radical (unpaired) electrons. The van der Waals surface area contributed by atoms with Crippen LogP contribution in [0.2, 0.25) is 0 Å². The lowest BCUT2D eigenvalue weighted by Gasteiger charge is -2.16. The highest BCUT2D eigenvalue weighted by Gasteiger charge is 2.33. The van der Waals surface area contributed by atoms with E-state index in [1.54, 1.807) is 17.2 Å². The zero-order valence-corrected chi connectivity index (χ0v) is 15.2. The second-order valence-electron chi connectivity index (χ2n) is 6.85. The number of hydrogen-bond acceptors (Lipinski definition) is 4. The zero-order chi connectivity index (χ0) is 19.7. The molecule has 0 spiro atoms. The van der Waals surface area contributed by atoms with E-state index >= 15 is 0 Å². The number of carbonyl (C=O) groups excluding carboxylic acids is 1. The monoisotopic (exact) mass is 384 g/mol. The van der Waals surface area contributed by atoms with Gasteiger partial charge in [0, 0.05) is 38.0 Å². The van der Waals surface area contributed by atoms with Crippen molar-refractivity contribution < 1.29 is 18.3 Å². The van der Waals surface area contributed by atoms with E-state index in [4.69, 9.17) is 4.74 Å². The fourth-order valence-electron chi connectivity index (χ4n) is 3.14. The van der Waals surface area contributed by atoms with Crippen molar-refractivity contribution >= 4 is 5.91 Å². The van der Waals surface area contributed by atoms with Crippen LogP contribution in [0.25, 0.3) is 11.1 Å². The van der Waals surface area contributed by atoms with Gasteiger partial charge in [-0.1, -0.05) is 24.3 Å². The molecule has 1 N–H and O–H groups in total. The Morgan fingerprint density at radius 1 is 1.21 bits per heavy atom. The van der Waals surface area contributed by atoms with Crippen molar-refractivity contribution in [2.45, 2.75) is 25.9 Å². The van der Waals surface area contributed by atoms with Crippen LogP contribution in [0.5, 0.6) is 5.88 Å². The molecule has 0 fully saturated rings. The Bertz CT molecular complexity index is 982. The molecular weight excluding hydrogens is 366 g/mol. The van der Waals surface area contributed by atoms with Gasteiger partial charge in [0.1, 0.15) is 5.56 Å². The smallest absolute Gasteiger partial charge is 0.278 e. The molecule has 3 aromatic rings. The van der Waals surface area contributed by atoms with Crippen molar-refractivity contribution in [3.8, 4) is 17.0 Å². The lowest BCUT2D eigenvalue weighted by atomic mass is 10.1. The Hall–Kier alpha value is -3.29. The second-order valence-corrected chi connectivity index (χ2v) is 6.85. The standard InChI is InChI=1S/C20H18F2N4O2/c1-20(21,22)12-28-18-17-15(6-7-23-18)11-26(19(17)27)10-13-2-4-14(5-3-13)16-8-24-25-9-16/h2-9H,10-12H2,1H3,(H,24,25). The molecule has 1 amide bonds. The van der Waals surface area contributed by atoms with Gasteiger partial charge in [-0.05, 0) is 22.8 Å². The van der Waals surface area contributed by atoms with E-state index in [0.717, 1.165) is 29.2 Å². The number of aromatic nitrogens is 3. The molecule has 1 aromatic carbocycles. The third kappa shape index (κ3) is 3.71. The molecule has 2 aromatic heterocycles. The minimum Gasteiger partial charge on any atom is -0.471 e. The number of fused-ring (bicyclic) bond motifs is 1. The summed E-state index contributed by atoms with van der Waals surface area (Å²) in [5.41, 5.74) is 3.96. The quantitative estimate of drug-likeness (QED) is 0.704. The third-order valence-electron chi connectivity index (χ3n) is 4.49. The van der Waals surface area contributed by atoms with Crippen LogP contribution in [0.15, 0.2) is 48.9 Å². The van der Waals surface area contributed by atoms with Gasteiger partial charge in [0.25, 0.3) is 11.8 Å². The molecule has 0 bridgehead atoms. The number of aromatic amines is 1. The Kier molecular flexibility index (Phi) is 4.54. The molecule has 4 rings (SSSR count). The Morgan fingerprint density at radius 3 is 2.68 bits per heavy atom. The van der Waals surface area contributed by atoms with E-state index in [1.165, 1.54) is 6.20 Å². The number of carbonyl (C=O) groups is 1. The summed E-state index contributed by atoms with van der Waals surface area (Å²) in [4.78, 5) is 18.4. The normalized spacial score (nSPS) is 13.7. The van der Waals surface area contributed by atoms with Crippen LogP contribution in [0.3, 0.4) is 0 Å². The van der Waals surface area contributed by atoms with Crippen LogP contribution in [0, 0.1) is 0 Å². The first-order chi connectivity index (χ1) is 13.4. The number of benzene rings is 1. The highest BCUT2D eigenvalue weighted by atomic mass is 19.3. The van der Waals surface area contributed by atoms with E-state index in [-0.39, 0.29) is 17.4 Å². The molecular formula is C20H18F2N4O2. The van der Waals surface area contributed by atoms with E-state index < -0.39 is 12.5 Å². The molecule has 0 saturated carbocycles. The van der Waals surface area contributed by atoms with Crippen LogP contribution in [-0.2, 0) is 13.1 Å². The van der Waals surface area contributed by atoms with Gasteiger partial charge < -0.3 is 9.64 Å². The largest absolute Gasteiger partial charge is 0.471 e. The number of hydrogen-bond donors (Lipinski definition) is 1. The van der Waals surface area contributed by atoms with Crippen LogP contribution >= 0.6 is 0 Å². The van der Waals surface area contributed by atoms with Gasteiger partial charge in [0.2, 0.25) is 5.88 Å². The number of pyridine rings is 1. The number of alkyl halides is 2. The highest BCUT2D eigenvalue weighted by Crippen LogP contribution is 2.31. The van der Waals surface area contributed by atoms with Crippen molar-refractivity contribution in [2.24, 2.45) is 0 Å².